The summed E-state index contributed by atoms with van der Waals surface area (Å²) in [5.74, 6) is -2.49. The highest BCUT2D eigenvalue weighted by Gasteiger charge is 2.21. The minimum atomic E-state index is -0.844. The van der Waals surface area contributed by atoms with Crippen molar-refractivity contribution in [2.75, 3.05) is 7.11 Å². The number of rotatable bonds is 7. The minimum Gasteiger partial charge on any atom is -0.464 e. The normalized spacial score (nSPS) is 15.2. The van der Waals surface area contributed by atoms with E-state index < -0.39 is 29.5 Å². The molecule has 7 N–H and O–H groups in total. The van der Waals surface area contributed by atoms with Crippen LogP contribution >= 0.6 is 11.8 Å². The fraction of sp³-hybridized carbons (Fsp3) is 0.250. The lowest BCUT2D eigenvalue weighted by Crippen LogP contribution is -2.37. The molecule has 0 bridgehead atoms. The van der Waals surface area contributed by atoms with E-state index in [0.717, 1.165) is 18.9 Å². The maximum atomic E-state index is 12.3. The molecule has 178 valence electrons. The quantitative estimate of drug-likeness (QED) is 0.150. The third-order valence-corrected chi connectivity index (χ3v) is 4.26. The second kappa shape index (κ2) is 11.6. The lowest BCUT2D eigenvalue weighted by Gasteiger charge is -2.17. The number of thioether (sulfide) groups is 1. The molecular weight excluding hydrogens is 452 g/mol. The molecule has 12 nitrogen and oxygen atoms in total. The number of allylic oxidation sites excluding steroid dienone is 1. The van der Waals surface area contributed by atoms with Crippen LogP contribution in [0.1, 0.15) is 20.8 Å². The van der Waals surface area contributed by atoms with Crippen molar-refractivity contribution in [2.45, 2.75) is 26.4 Å². The number of hydrogen-bond acceptors (Lipinski definition) is 9. The van der Waals surface area contributed by atoms with Crippen molar-refractivity contribution in [3.8, 4) is 0 Å². The number of aliphatic imine (C=N–C) groups is 1. The summed E-state index contributed by atoms with van der Waals surface area (Å²) < 4.78 is 9.44. The molecule has 0 aromatic heterocycles. The van der Waals surface area contributed by atoms with E-state index in [9.17, 15) is 19.2 Å². The van der Waals surface area contributed by atoms with Crippen LogP contribution in [0.2, 0.25) is 0 Å². The lowest BCUT2D eigenvalue weighted by atomic mass is 10.2. The van der Waals surface area contributed by atoms with Crippen LogP contribution in [0.4, 0.5) is 4.79 Å². The van der Waals surface area contributed by atoms with E-state index >= 15 is 0 Å². The van der Waals surface area contributed by atoms with E-state index in [1.807, 2.05) is 0 Å². The average molecular weight is 479 g/mol. The second-order valence-electron chi connectivity index (χ2n) is 7.27. The van der Waals surface area contributed by atoms with Crippen molar-refractivity contribution >= 4 is 41.5 Å². The van der Waals surface area contributed by atoms with E-state index in [2.05, 4.69) is 38.8 Å². The largest absolute Gasteiger partial charge is 0.464 e. The highest BCUT2D eigenvalue weighted by molar-refractivity contribution is 8.06. The van der Waals surface area contributed by atoms with Gasteiger partial charge in [-0.1, -0.05) is 24.9 Å². The Labute approximate surface area is 194 Å². The first kappa shape index (κ1) is 27.0. The number of nitrogens with two attached hydrogens (primary N) is 2. The summed E-state index contributed by atoms with van der Waals surface area (Å²) in [6.45, 7) is 11.9. The van der Waals surface area contributed by atoms with Gasteiger partial charge in [0.15, 0.2) is 0 Å². The first-order valence-electron chi connectivity index (χ1n) is 9.21. The fourth-order valence-corrected chi connectivity index (χ4v) is 2.65. The maximum absolute atomic E-state index is 12.3. The van der Waals surface area contributed by atoms with Crippen molar-refractivity contribution in [2.24, 2.45) is 16.5 Å². The first-order valence-corrected chi connectivity index (χ1v) is 10.1. The Morgan fingerprint density at radius 1 is 1.12 bits per heavy atom. The molecule has 0 saturated heterocycles. The number of carbonyl (C=O) groups excluding carboxylic acids is 4. The van der Waals surface area contributed by atoms with Crippen molar-refractivity contribution in [1.82, 2.24) is 16.0 Å². The summed E-state index contributed by atoms with van der Waals surface area (Å²) in [5.41, 5.74) is 10.5. The fourth-order valence-electron chi connectivity index (χ4n) is 1.88. The van der Waals surface area contributed by atoms with Gasteiger partial charge in [0.1, 0.15) is 27.9 Å². The van der Waals surface area contributed by atoms with Gasteiger partial charge >= 0.3 is 12.1 Å². The zero-order chi connectivity index (χ0) is 25.3. The monoisotopic (exact) mass is 478 g/mol. The molecule has 0 aromatic carbocycles. The molecule has 3 amide bonds. The third-order valence-electron chi connectivity index (χ3n) is 3.33. The summed E-state index contributed by atoms with van der Waals surface area (Å²) in [6.07, 6.45) is 1.84. The van der Waals surface area contributed by atoms with Gasteiger partial charge in [0.05, 0.1) is 18.5 Å². The smallest absolute Gasteiger partial charge is 0.436 e. The molecule has 33 heavy (non-hydrogen) atoms. The standard InChI is InChI=1S/C20H26N6O6S/c1-10(15(27)24-11(2)18(29)31-6)23-16(28)13-9-33-17(25-13)12(21)7-8-14(22)26-19(30)32-20(3,4)5/h7-9,25H,1-2,21H2,3-6H3,(H,23,28)(H,24,27)(H2,22,26,30)/b8-7-,17-12+. The van der Waals surface area contributed by atoms with Gasteiger partial charge in [0.25, 0.3) is 11.8 Å². The predicted molar refractivity (Wildman–Crippen MR) is 124 cm³/mol. The number of amidine groups is 1. The average Bonchev–Trinajstić information content (AvgIpc) is 3.20. The number of amides is 3. The van der Waals surface area contributed by atoms with Crippen LogP contribution in [-0.2, 0) is 23.9 Å². The Hall–Kier alpha value is -4.00. The van der Waals surface area contributed by atoms with Crippen LogP contribution in [0.25, 0.3) is 0 Å². The molecule has 0 atom stereocenters. The van der Waals surface area contributed by atoms with E-state index in [1.54, 1.807) is 20.8 Å². The SMILES string of the molecule is C=C(NC(=O)C1=CS\C(=C(N)/C=C\C(N)=N\C(=O)OC(C)(C)C)N1)C(=O)NC(=C)C(=O)OC. The van der Waals surface area contributed by atoms with Crippen LogP contribution in [0, 0.1) is 0 Å². The van der Waals surface area contributed by atoms with Gasteiger partial charge in [-0.3, -0.25) is 9.59 Å². The molecule has 1 aliphatic rings. The predicted octanol–water partition coefficient (Wildman–Crippen LogP) is 0.573. The van der Waals surface area contributed by atoms with E-state index in [0.29, 0.717) is 5.03 Å². The van der Waals surface area contributed by atoms with Crippen LogP contribution in [-0.4, -0.2) is 42.4 Å². The van der Waals surface area contributed by atoms with Gasteiger partial charge in [-0.25, -0.2) is 9.59 Å². The van der Waals surface area contributed by atoms with Gasteiger partial charge in [-0.2, -0.15) is 4.99 Å². The number of carbonyl (C=O) groups is 4. The van der Waals surface area contributed by atoms with Crippen LogP contribution < -0.4 is 27.4 Å². The number of methoxy groups -OCH3 is 1. The summed E-state index contributed by atoms with van der Waals surface area (Å²) in [4.78, 5) is 50.8. The summed E-state index contributed by atoms with van der Waals surface area (Å²) in [6, 6.07) is 0. The van der Waals surface area contributed by atoms with Gasteiger partial charge in [-0.05, 0) is 32.9 Å². The van der Waals surface area contributed by atoms with Crippen molar-refractivity contribution in [3.05, 3.63) is 58.5 Å². The van der Waals surface area contributed by atoms with Gasteiger partial charge in [0.2, 0.25) is 0 Å². The highest BCUT2D eigenvalue weighted by Crippen LogP contribution is 2.26. The Morgan fingerprint density at radius 3 is 2.33 bits per heavy atom. The van der Waals surface area contributed by atoms with E-state index in [4.69, 9.17) is 16.2 Å². The molecule has 0 aromatic rings. The molecule has 13 heteroatoms. The number of esters is 1. The molecule has 0 spiro atoms. The molecule has 0 fully saturated rings. The first-order chi connectivity index (χ1) is 15.2. The Balaban J connectivity index is 2.68. The Kier molecular flexibility index (Phi) is 9.48. The molecule has 0 saturated carbocycles. The molecule has 0 unspecified atom stereocenters. The number of nitrogens with zero attached hydrogens (tertiary/aromatic N) is 1. The van der Waals surface area contributed by atoms with Crippen molar-refractivity contribution in [3.63, 3.8) is 0 Å². The molecule has 0 aliphatic carbocycles. The summed E-state index contributed by atoms with van der Waals surface area (Å²) in [7, 11) is 1.13. The second-order valence-corrected chi connectivity index (χ2v) is 8.15. The van der Waals surface area contributed by atoms with Gasteiger partial charge in [0, 0.05) is 5.41 Å². The molecule has 1 heterocycles. The van der Waals surface area contributed by atoms with Crippen LogP contribution in [0.3, 0.4) is 0 Å². The topological polar surface area (TPSA) is 187 Å². The lowest BCUT2D eigenvalue weighted by molar-refractivity contribution is -0.137. The molecule has 0 radical (unpaired) electrons. The minimum absolute atomic E-state index is 0.0856. The molecule has 1 rings (SSSR count). The van der Waals surface area contributed by atoms with Crippen LogP contribution in [0.5, 0.6) is 0 Å². The number of hydrogen-bond donors (Lipinski definition) is 5. The Bertz CT molecular complexity index is 1000. The summed E-state index contributed by atoms with van der Waals surface area (Å²) >= 11 is 1.10. The van der Waals surface area contributed by atoms with Crippen molar-refractivity contribution in [1.29, 1.82) is 0 Å². The van der Waals surface area contributed by atoms with Crippen LogP contribution in [0.15, 0.2) is 63.5 Å². The highest BCUT2D eigenvalue weighted by atomic mass is 32.2. The van der Waals surface area contributed by atoms with Gasteiger partial charge < -0.3 is 36.9 Å². The maximum Gasteiger partial charge on any atom is 0.436 e. The molecule has 1 aliphatic heterocycles. The van der Waals surface area contributed by atoms with E-state index in [1.165, 1.54) is 17.6 Å². The third kappa shape index (κ3) is 9.35. The Morgan fingerprint density at radius 2 is 1.76 bits per heavy atom. The number of ether oxygens (including phenoxy) is 2. The van der Waals surface area contributed by atoms with Crippen molar-refractivity contribution < 1.29 is 28.7 Å². The summed E-state index contributed by atoms with van der Waals surface area (Å²) in [5, 5.41) is 9.06. The molecular formula is C20H26N6O6S. The zero-order valence-corrected chi connectivity index (χ0v) is 19.4. The number of nitrogens with one attached hydrogen (secondary N) is 3. The van der Waals surface area contributed by atoms with Gasteiger partial charge in [-0.15, -0.1) is 0 Å². The van der Waals surface area contributed by atoms with E-state index in [-0.39, 0.29) is 28.6 Å². The zero-order valence-electron chi connectivity index (χ0n) is 18.6.